The minimum Gasteiger partial charge on any atom is -0.454 e. The second kappa shape index (κ2) is 9.28. The number of nitrogens with one attached hydrogen (secondary N) is 2. The van der Waals surface area contributed by atoms with Crippen molar-refractivity contribution in [1.82, 2.24) is 5.32 Å². The van der Waals surface area contributed by atoms with Crippen molar-refractivity contribution in [1.29, 1.82) is 0 Å². The van der Waals surface area contributed by atoms with Crippen molar-refractivity contribution in [3.63, 3.8) is 0 Å². The summed E-state index contributed by atoms with van der Waals surface area (Å²) in [4.78, 5) is 46.0. The Balaban J connectivity index is 1.46. The number of carbonyl (C=O) groups excluding carboxylic acids is 3. The van der Waals surface area contributed by atoms with Crippen molar-refractivity contribution in [2.75, 3.05) is 18.5 Å². The molecule has 0 spiro atoms. The molecule has 0 saturated carbocycles. The first-order valence-electron chi connectivity index (χ1n) is 8.89. The van der Waals surface area contributed by atoms with Crippen molar-refractivity contribution >= 4 is 39.9 Å². The number of non-ortho nitro benzene ring substituents is 1. The molecule has 9 heteroatoms. The minimum absolute atomic E-state index is 0.179. The van der Waals surface area contributed by atoms with Crippen molar-refractivity contribution in [2.45, 2.75) is 0 Å². The molecule has 3 aromatic carbocycles. The summed E-state index contributed by atoms with van der Waals surface area (Å²) in [6.45, 7) is -0.997. The minimum atomic E-state index is -0.793. The number of nitrogens with zero attached hydrogens (tertiary/aromatic N) is 1. The van der Waals surface area contributed by atoms with Gasteiger partial charge < -0.3 is 15.4 Å². The van der Waals surface area contributed by atoms with Crippen LogP contribution in [0.4, 0.5) is 11.4 Å². The van der Waals surface area contributed by atoms with Gasteiger partial charge in [0, 0.05) is 23.4 Å². The van der Waals surface area contributed by atoms with Crippen LogP contribution in [0.25, 0.3) is 10.8 Å². The number of nitro benzene ring substituents is 1. The molecule has 3 aromatic rings. The first-order chi connectivity index (χ1) is 14.4. The number of esters is 1. The van der Waals surface area contributed by atoms with Gasteiger partial charge in [0.05, 0.1) is 4.92 Å². The van der Waals surface area contributed by atoms with Crippen molar-refractivity contribution < 1.29 is 24.0 Å². The fourth-order valence-electron chi connectivity index (χ4n) is 2.68. The summed E-state index contributed by atoms with van der Waals surface area (Å²) in [6, 6.07) is 18.1. The van der Waals surface area contributed by atoms with E-state index < -0.39 is 35.9 Å². The van der Waals surface area contributed by atoms with Crippen LogP contribution < -0.4 is 10.6 Å². The Bertz CT molecular complexity index is 1130. The molecule has 0 bridgehead atoms. The second-order valence-electron chi connectivity index (χ2n) is 6.26. The SMILES string of the molecule is O=C(COC(=O)CNC(=O)c1ccc2ccccc2c1)Nc1cccc([N+](=O)[O-])c1. The summed E-state index contributed by atoms with van der Waals surface area (Å²) in [6.07, 6.45) is 0. The van der Waals surface area contributed by atoms with Crippen LogP contribution in [0.15, 0.2) is 66.7 Å². The third-order valence-corrected chi connectivity index (χ3v) is 4.11. The molecule has 3 rings (SSSR count). The molecule has 30 heavy (non-hydrogen) atoms. The lowest BCUT2D eigenvalue weighted by molar-refractivity contribution is -0.384. The molecule has 2 amide bonds. The molecule has 0 aliphatic carbocycles. The molecule has 0 fully saturated rings. The van der Waals surface area contributed by atoms with E-state index in [2.05, 4.69) is 10.6 Å². The van der Waals surface area contributed by atoms with Gasteiger partial charge in [0.15, 0.2) is 6.61 Å². The van der Waals surface area contributed by atoms with Gasteiger partial charge in [-0.3, -0.25) is 24.5 Å². The third kappa shape index (κ3) is 5.38. The zero-order chi connectivity index (χ0) is 21.5. The molecule has 0 aliphatic heterocycles. The summed E-state index contributed by atoms with van der Waals surface area (Å²) >= 11 is 0. The van der Waals surface area contributed by atoms with Gasteiger partial charge in [0.2, 0.25) is 0 Å². The zero-order valence-corrected chi connectivity index (χ0v) is 15.7. The molecule has 0 heterocycles. The molecule has 152 valence electrons. The molecule has 0 aromatic heterocycles. The molecule has 0 radical (unpaired) electrons. The summed E-state index contributed by atoms with van der Waals surface area (Å²) in [5, 5.41) is 17.4. The first kappa shape index (κ1) is 20.5. The van der Waals surface area contributed by atoms with Gasteiger partial charge in [0.1, 0.15) is 6.54 Å². The number of ether oxygens (including phenoxy) is 1. The van der Waals surface area contributed by atoms with Gasteiger partial charge in [0.25, 0.3) is 17.5 Å². The number of carbonyl (C=O) groups is 3. The van der Waals surface area contributed by atoms with E-state index in [-0.39, 0.29) is 11.4 Å². The maximum atomic E-state index is 12.2. The van der Waals surface area contributed by atoms with Gasteiger partial charge in [-0.25, -0.2) is 0 Å². The highest BCUT2D eigenvalue weighted by Gasteiger charge is 2.12. The molecule has 0 saturated heterocycles. The summed E-state index contributed by atoms with van der Waals surface area (Å²) in [5.74, 6) is -1.90. The van der Waals surface area contributed by atoms with Crippen LogP contribution in [-0.4, -0.2) is 35.9 Å². The lowest BCUT2D eigenvalue weighted by Gasteiger charge is -2.08. The number of rotatable bonds is 7. The van der Waals surface area contributed by atoms with Crippen molar-refractivity contribution in [2.24, 2.45) is 0 Å². The predicted octanol–water partition coefficient (Wildman–Crippen LogP) is 2.66. The Kier molecular flexibility index (Phi) is 6.33. The van der Waals surface area contributed by atoms with E-state index in [4.69, 9.17) is 4.74 Å². The summed E-state index contributed by atoms with van der Waals surface area (Å²) < 4.78 is 4.81. The molecular formula is C21H17N3O6. The molecule has 9 nitrogen and oxygen atoms in total. The number of anilines is 1. The highest BCUT2D eigenvalue weighted by Crippen LogP contribution is 2.17. The molecule has 2 N–H and O–H groups in total. The standard InChI is InChI=1S/C21H17N3O6/c25-19(23-17-6-3-7-18(11-17)24(28)29)13-30-20(26)12-22-21(27)16-9-8-14-4-1-2-5-15(14)10-16/h1-11H,12-13H2,(H,22,27)(H,23,25). The second-order valence-corrected chi connectivity index (χ2v) is 6.26. The third-order valence-electron chi connectivity index (χ3n) is 4.11. The van der Waals surface area contributed by atoms with Crippen LogP contribution in [0.5, 0.6) is 0 Å². The average Bonchev–Trinajstić information content (AvgIpc) is 2.75. The molecule has 0 atom stereocenters. The van der Waals surface area contributed by atoms with Gasteiger partial charge in [-0.1, -0.05) is 36.4 Å². The van der Waals surface area contributed by atoms with Crippen LogP contribution in [0, 0.1) is 10.1 Å². The maximum absolute atomic E-state index is 12.2. The van der Waals surface area contributed by atoms with E-state index in [1.807, 2.05) is 24.3 Å². The molecule has 0 aliphatic rings. The summed E-state index contributed by atoms with van der Waals surface area (Å²) in [5.41, 5.74) is 0.418. The van der Waals surface area contributed by atoms with E-state index in [0.29, 0.717) is 5.56 Å². The predicted molar refractivity (Wildman–Crippen MR) is 109 cm³/mol. The van der Waals surface area contributed by atoms with Crippen LogP contribution in [0.3, 0.4) is 0 Å². The number of benzene rings is 3. The van der Waals surface area contributed by atoms with Crippen LogP contribution in [-0.2, 0) is 14.3 Å². The first-order valence-corrected chi connectivity index (χ1v) is 8.89. The fraction of sp³-hybridized carbons (Fsp3) is 0.0952. The number of nitro groups is 1. The highest BCUT2D eigenvalue weighted by molar-refractivity contribution is 6.00. The van der Waals surface area contributed by atoms with Gasteiger partial charge in [-0.05, 0) is 29.0 Å². The Hall–Kier alpha value is -4.27. The topological polar surface area (TPSA) is 128 Å². The van der Waals surface area contributed by atoms with Gasteiger partial charge >= 0.3 is 5.97 Å². The Labute approximate surface area is 170 Å². The van der Waals surface area contributed by atoms with Crippen LogP contribution in [0.1, 0.15) is 10.4 Å². The van der Waals surface area contributed by atoms with Crippen molar-refractivity contribution in [3.8, 4) is 0 Å². The Morgan fingerprint density at radius 1 is 0.933 bits per heavy atom. The number of hydrogen-bond donors (Lipinski definition) is 2. The van der Waals surface area contributed by atoms with E-state index in [9.17, 15) is 24.5 Å². The molecular weight excluding hydrogens is 390 g/mol. The largest absolute Gasteiger partial charge is 0.454 e. The van der Waals surface area contributed by atoms with E-state index in [1.165, 1.54) is 24.3 Å². The normalized spacial score (nSPS) is 10.3. The number of hydrogen-bond acceptors (Lipinski definition) is 6. The fourth-order valence-corrected chi connectivity index (χ4v) is 2.68. The van der Waals surface area contributed by atoms with E-state index >= 15 is 0 Å². The Morgan fingerprint density at radius 3 is 2.47 bits per heavy atom. The van der Waals surface area contributed by atoms with Gasteiger partial charge in [-0.15, -0.1) is 0 Å². The quantitative estimate of drug-likeness (QED) is 0.352. The smallest absolute Gasteiger partial charge is 0.325 e. The Morgan fingerprint density at radius 2 is 1.70 bits per heavy atom. The van der Waals surface area contributed by atoms with E-state index in [1.54, 1.807) is 18.2 Å². The maximum Gasteiger partial charge on any atom is 0.325 e. The average molecular weight is 407 g/mol. The van der Waals surface area contributed by atoms with Crippen LogP contribution >= 0.6 is 0 Å². The zero-order valence-electron chi connectivity index (χ0n) is 15.7. The van der Waals surface area contributed by atoms with E-state index in [0.717, 1.165) is 10.8 Å². The highest BCUT2D eigenvalue weighted by atomic mass is 16.6. The number of fused-ring (bicyclic) bond motifs is 1. The lowest BCUT2D eigenvalue weighted by atomic mass is 10.1. The summed E-state index contributed by atoms with van der Waals surface area (Å²) in [7, 11) is 0. The monoisotopic (exact) mass is 407 g/mol. The van der Waals surface area contributed by atoms with Crippen LogP contribution in [0.2, 0.25) is 0 Å². The lowest BCUT2D eigenvalue weighted by Crippen LogP contribution is -2.32. The van der Waals surface area contributed by atoms with Crippen molar-refractivity contribution in [3.05, 3.63) is 82.4 Å². The molecule has 0 unspecified atom stereocenters. The van der Waals surface area contributed by atoms with Gasteiger partial charge in [-0.2, -0.15) is 0 Å². The number of amides is 2.